The Morgan fingerprint density at radius 2 is 1.91 bits per heavy atom. The lowest BCUT2D eigenvalue weighted by Gasteiger charge is -2.09. The van der Waals surface area contributed by atoms with Crippen molar-refractivity contribution in [3.8, 4) is 11.5 Å². The molecule has 0 saturated carbocycles. The summed E-state index contributed by atoms with van der Waals surface area (Å²) >= 11 is 0. The number of aromatic nitrogens is 1. The second-order valence-electron chi connectivity index (χ2n) is 5.68. The fourth-order valence-electron chi connectivity index (χ4n) is 3.00. The molecule has 4 heteroatoms. The number of hydrogen-bond donors (Lipinski definition) is 2. The fourth-order valence-corrected chi connectivity index (χ4v) is 3.00. The van der Waals surface area contributed by atoms with Crippen LogP contribution in [0.5, 0.6) is 11.5 Å². The molecule has 3 aromatic rings. The average molecular weight is 310 g/mol. The Kier molecular flexibility index (Phi) is 4.53. The van der Waals surface area contributed by atoms with Crippen LogP contribution in [-0.4, -0.2) is 23.3 Å². The zero-order valence-electron chi connectivity index (χ0n) is 13.5. The van der Waals surface area contributed by atoms with Crippen LogP contribution in [-0.2, 0) is 20.0 Å². The number of phenols is 1. The topological polar surface area (TPSA) is 46.4 Å². The summed E-state index contributed by atoms with van der Waals surface area (Å²) in [7, 11) is 3.70. The fraction of sp³-hybridized carbons (Fsp3) is 0.263. The van der Waals surface area contributed by atoms with E-state index in [1.54, 1.807) is 13.2 Å². The summed E-state index contributed by atoms with van der Waals surface area (Å²) in [6, 6.07) is 13.7. The van der Waals surface area contributed by atoms with Gasteiger partial charge in [-0.3, -0.25) is 0 Å². The van der Waals surface area contributed by atoms with Crippen LogP contribution in [0.4, 0.5) is 0 Å². The van der Waals surface area contributed by atoms with E-state index in [1.165, 1.54) is 0 Å². The van der Waals surface area contributed by atoms with Crippen LogP contribution in [0.15, 0.2) is 48.7 Å². The first-order valence-corrected chi connectivity index (χ1v) is 7.79. The number of nitrogens with one attached hydrogen (secondary N) is 1. The zero-order valence-corrected chi connectivity index (χ0v) is 13.5. The first-order valence-electron chi connectivity index (χ1n) is 7.79. The summed E-state index contributed by atoms with van der Waals surface area (Å²) in [5, 5.41) is 14.5. The van der Waals surface area contributed by atoms with Gasteiger partial charge in [-0.2, -0.15) is 0 Å². The molecule has 4 nitrogen and oxygen atoms in total. The molecule has 2 N–H and O–H groups in total. The van der Waals surface area contributed by atoms with Gasteiger partial charge in [0.1, 0.15) is 11.5 Å². The van der Waals surface area contributed by atoms with Crippen molar-refractivity contribution in [1.82, 2.24) is 9.88 Å². The number of ether oxygens (including phenoxy) is 1. The lowest BCUT2D eigenvalue weighted by Crippen LogP contribution is -2.17. The summed E-state index contributed by atoms with van der Waals surface area (Å²) in [6.45, 7) is 1.60. The number of aryl methyl sites for hydroxylation is 1. The smallest absolute Gasteiger partial charge is 0.125 e. The lowest BCUT2D eigenvalue weighted by molar-refractivity contribution is 0.408. The first kappa shape index (κ1) is 15.4. The van der Waals surface area contributed by atoms with E-state index in [2.05, 4.69) is 22.1 Å². The van der Waals surface area contributed by atoms with Gasteiger partial charge in [-0.05, 0) is 36.7 Å². The highest BCUT2D eigenvalue weighted by Gasteiger charge is 2.10. The average Bonchev–Trinajstić information content (AvgIpc) is 2.89. The molecule has 0 unspecified atom stereocenters. The van der Waals surface area contributed by atoms with Crippen molar-refractivity contribution in [1.29, 1.82) is 0 Å². The van der Waals surface area contributed by atoms with Gasteiger partial charge in [0.05, 0.1) is 12.6 Å². The Morgan fingerprint density at radius 1 is 1.09 bits per heavy atom. The number of fused-ring (bicyclic) bond motifs is 1. The number of rotatable bonds is 6. The number of methoxy groups -OCH3 is 1. The third kappa shape index (κ3) is 3.17. The minimum absolute atomic E-state index is 0.350. The Balaban J connectivity index is 1.66. The van der Waals surface area contributed by atoms with Crippen molar-refractivity contribution in [3.05, 3.63) is 59.8 Å². The summed E-state index contributed by atoms with van der Waals surface area (Å²) in [6.07, 6.45) is 2.96. The minimum Gasteiger partial charge on any atom is -0.507 e. The molecule has 2 aromatic carbocycles. The van der Waals surface area contributed by atoms with Crippen LogP contribution in [0.1, 0.15) is 11.1 Å². The van der Waals surface area contributed by atoms with Gasteiger partial charge in [0.25, 0.3) is 0 Å². The van der Waals surface area contributed by atoms with Gasteiger partial charge in [0, 0.05) is 30.7 Å². The molecule has 120 valence electrons. The molecule has 23 heavy (non-hydrogen) atoms. The maximum atomic E-state index is 10.1. The van der Waals surface area contributed by atoms with Crippen LogP contribution in [0.3, 0.4) is 0 Å². The molecule has 0 fully saturated rings. The molecule has 3 rings (SSSR count). The molecule has 0 bridgehead atoms. The zero-order chi connectivity index (χ0) is 16.2. The van der Waals surface area contributed by atoms with E-state index >= 15 is 0 Å². The molecule has 0 aliphatic carbocycles. The highest BCUT2D eigenvalue weighted by atomic mass is 16.5. The molecule has 0 saturated heterocycles. The van der Waals surface area contributed by atoms with E-state index in [0.717, 1.165) is 47.3 Å². The molecule has 1 aromatic heterocycles. The summed E-state index contributed by atoms with van der Waals surface area (Å²) < 4.78 is 7.42. The van der Waals surface area contributed by atoms with Gasteiger partial charge in [-0.25, -0.2) is 0 Å². The second kappa shape index (κ2) is 6.75. The number of para-hydroxylation sites is 1. The molecule has 0 radical (unpaired) electrons. The molecular formula is C19H22N2O2. The Labute approximate surface area is 136 Å². The molecule has 0 amide bonds. The quantitative estimate of drug-likeness (QED) is 0.687. The van der Waals surface area contributed by atoms with Crippen molar-refractivity contribution in [2.45, 2.75) is 13.0 Å². The van der Waals surface area contributed by atoms with E-state index in [-0.39, 0.29) is 0 Å². The number of nitrogens with zero attached hydrogens (tertiary/aromatic N) is 1. The first-order chi connectivity index (χ1) is 11.2. The van der Waals surface area contributed by atoms with Crippen LogP contribution in [0.25, 0.3) is 10.9 Å². The van der Waals surface area contributed by atoms with E-state index in [9.17, 15) is 5.11 Å². The van der Waals surface area contributed by atoms with Crippen LogP contribution in [0.2, 0.25) is 0 Å². The Morgan fingerprint density at radius 3 is 2.74 bits per heavy atom. The SMILES string of the molecule is COc1ccccc1CNCCc1cn(C)c2cccc(O)c12. The maximum Gasteiger partial charge on any atom is 0.125 e. The lowest BCUT2D eigenvalue weighted by atomic mass is 10.1. The van der Waals surface area contributed by atoms with Crippen molar-refractivity contribution in [2.24, 2.45) is 7.05 Å². The van der Waals surface area contributed by atoms with Gasteiger partial charge < -0.3 is 19.7 Å². The van der Waals surface area contributed by atoms with Crippen LogP contribution < -0.4 is 10.1 Å². The van der Waals surface area contributed by atoms with Gasteiger partial charge in [0.15, 0.2) is 0 Å². The molecule has 0 atom stereocenters. The second-order valence-corrected chi connectivity index (χ2v) is 5.68. The van der Waals surface area contributed by atoms with Gasteiger partial charge in [-0.1, -0.05) is 24.3 Å². The monoisotopic (exact) mass is 310 g/mol. The van der Waals surface area contributed by atoms with Crippen molar-refractivity contribution in [3.63, 3.8) is 0 Å². The molecular weight excluding hydrogens is 288 g/mol. The maximum absolute atomic E-state index is 10.1. The normalized spacial score (nSPS) is 11.0. The molecule has 0 aliphatic heterocycles. The summed E-state index contributed by atoms with van der Waals surface area (Å²) in [5.74, 6) is 1.26. The van der Waals surface area contributed by atoms with Crippen molar-refractivity contribution >= 4 is 10.9 Å². The number of phenolic OH excluding ortho intramolecular Hbond substituents is 1. The minimum atomic E-state index is 0.350. The third-order valence-electron chi connectivity index (χ3n) is 4.15. The Bertz CT molecular complexity index is 808. The van der Waals surface area contributed by atoms with Gasteiger partial charge in [-0.15, -0.1) is 0 Å². The van der Waals surface area contributed by atoms with Gasteiger partial charge >= 0.3 is 0 Å². The van der Waals surface area contributed by atoms with E-state index in [0.29, 0.717) is 5.75 Å². The molecule has 0 aliphatic rings. The largest absolute Gasteiger partial charge is 0.507 e. The van der Waals surface area contributed by atoms with Crippen LogP contribution >= 0.6 is 0 Å². The summed E-state index contributed by atoms with van der Waals surface area (Å²) in [4.78, 5) is 0. The number of benzene rings is 2. The predicted octanol–water partition coefficient (Wildman–Crippen LogP) is 3.22. The predicted molar refractivity (Wildman–Crippen MR) is 93.0 cm³/mol. The third-order valence-corrected chi connectivity index (χ3v) is 4.15. The molecule has 0 spiro atoms. The standard InChI is InChI=1S/C19H22N2O2/c1-21-13-15(19-16(21)7-5-8-17(19)22)10-11-20-12-14-6-3-4-9-18(14)23-2/h3-9,13,20,22H,10-12H2,1-2H3. The van der Waals surface area contributed by atoms with E-state index in [4.69, 9.17) is 4.74 Å². The van der Waals surface area contributed by atoms with E-state index < -0.39 is 0 Å². The molecule has 1 heterocycles. The van der Waals surface area contributed by atoms with E-state index in [1.807, 2.05) is 37.4 Å². The Hall–Kier alpha value is -2.46. The number of aromatic hydroxyl groups is 1. The van der Waals surface area contributed by atoms with Crippen molar-refractivity contribution < 1.29 is 9.84 Å². The van der Waals surface area contributed by atoms with Crippen molar-refractivity contribution in [2.75, 3.05) is 13.7 Å². The highest BCUT2D eigenvalue weighted by molar-refractivity contribution is 5.89. The summed E-state index contributed by atoms with van der Waals surface area (Å²) in [5.41, 5.74) is 3.37. The number of hydrogen-bond acceptors (Lipinski definition) is 3. The van der Waals surface area contributed by atoms with Gasteiger partial charge in [0.2, 0.25) is 0 Å². The van der Waals surface area contributed by atoms with Crippen LogP contribution in [0, 0.1) is 0 Å². The highest BCUT2D eigenvalue weighted by Crippen LogP contribution is 2.29.